The van der Waals surface area contributed by atoms with Crippen molar-refractivity contribution in [1.29, 1.82) is 0 Å². The van der Waals surface area contributed by atoms with Crippen molar-refractivity contribution in [3.05, 3.63) is 42.0 Å². The predicted molar refractivity (Wildman–Crippen MR) is 136 cm³/mol. The van der Waals surface area contributed by atoms with E-state index < -0.39 is 15.9 Å². The van der Waals surface area contributed by atoms with Crippen molar-refractivity contribution < 1.29 is 22.7 Å². The van der Waals surface area contributed by atoms with Crippen molar-refractivity contribution in [1.82, 2.24) is 9.29 Å². The molecule has 3 rings (SSSR count). The van der Waals surface area contributed by atoms with Crippen LogP contribution in [0.2, 0.25) is 0 Å². The summed E-state index contributed by atoms with van der Waals surface area (Å²) in [6.45, 7) is 5.10. The Bertz CT molecular complexity index is 1230. The quantitative estimate of drug-likeness (QED) is 0.365. The first-order valence-corrected chi connectivity index (χ1v) is 13.5. The number of thiazole rings is 1. The molecule has 0 fully saturated rings. The van der Waals surface area contributed by atoms with Crippen LogP contribution in [0.5, 0.6) is 11.5 Å². The SMILES string of the molecule is CCCCN(CCCC)S(=O)(=O)c1ccc2nc(NC(=O)c3cccc(OC)c3OC)sc2c1. The van der Waals surface area contributed by atoms with Crippen LogP contribution >= 0.6 is 11.3 Å². The number of rotatable bonds is 12. The molecule has 8 nitrogen and oxygen atoms in total. The van der Waals surface area contributed by atoms with Gasteiger partial charge in [0.2, 0.25) is 10.0 Å². The lowest BCUT2D eigenvalue weighted by molar-refractivity contribution is 0.102. The highest BCUT2D eigenvalue weighted by Gasteiger charge is 2.24. The largest absolute Gasteiger partial charge is 0.493 e. The Morgan fingerprint density at radius 1 is 1.06 bits per heavy atom. The minimum atomic E-state index is -3.62. The molecule has 3 aromatic rings. The molecule has 0 spiro atoms. The van der Waals surface area contributed by atoms with E-state index in [1.54, 1.807) is 40.7 Å². The molecule has 2 aromatic carbocycles. The zero-order valence-electron chi connectivity index (χ0n) is 20.0. The van der Waals surface area contributed by atoms with Gasteiger partial charge in [-0.3, -0.25) is 10.1 Å². The Morgan fingerprint density at radius 2 is 1.76 bits per heavy atom. The molecule has 0 atom stereocenters. The molecule has 0 saturated heterocycles. The molecule has 1 heterocycles. The first kappa shape index (κ1) is 25.9. The lowest BCUT2D eigenvalue weighted by Gasteiger charge is -2.21. The Kier molecular flexibility index (Phi) is 8.87. The van der Waals surface area contributed by atoms with Gasteiger partial charge in [0, 0.05) is 13.1 Å². The number of fused-ring (bicyclic) bond motifs is 1. The molecule has 0 unspecified atom stereocenters. The third kappa shape index (κ3) is 5.68. The molecule has 0 aliphatic rings. The molecule has 0 aliphatic heterocycles. The van der Waals surface area contributed by atoms with Crippen LogP contribution in [-0.2, 0) is 10.0 Å². The van der Waals surface area contributed by atoms with Gasteiger partial charge in [-0.25, -0.2) is 13.4 Å². The van der Waals surface area contributed by atoms with Gasteiger partial charge in [-0.2, -0.15) is 4.31 Å². The summed E-state index contributed by atoms with van der Waals surface area (Å²) in [4.78, 5) is 17.6. The minimum absolute atomic E-state index is 0.239. The monoisotopic (exact) mass is 505 g/mol. The summed E-state index contributed by atoms with van der Waals surface area (Å²) < 4.78 is 39.5. The molecule has 1 aromatic heterocycles. The number of methoxy groups -OCH3 is 2. The number of nitrogens with one attached hydrogen (secondary N) is 1. The van der Waals surface area contributed by atoms with E-state index in [1.807, 2.05) is 13.8 Å². The maximum atomic E-state index is 13.3. The maximum Gasteiger partial charge on any atom is 0.261 e. The topological polar surface area (TPSA) is 97.8 Å². The number of carbonyl (C=O) groups excluding carboxylic acids is 1. The van der Waals surface area contributed by atoms with Gasteiger partial charge in [-0.15, -0.1) is 0 Å². The van der Waals surface area contributed by atoms with Crippen LogP contribution in [-0.4, -0.2) is 50.9 Å². The number of para-hydroxylation sites is 1. The lowest BCUT2D eigenvalue weighted by Crippen LogP contribution is -2.33. The third-order valence-corrected chi connectivity index (χ3v) is 8.22. The molecule has 1 amide bonds. The number of carbonyl (C=O) groups is 1. The van der Waals surface area contributed by atoms with E-state index in [0.29, 0.717) is 45.5 Å². The molecule has 0 saturated carbocycles. The summed E-state index contributed by atoms with van der Waals surface area (Å²) in [7, 11) is -0.641. The van der Waals surface area contributed by atoms with Gasteiger partial charge in [0.1, 0.15) is 0 Å². The molecular weight excluding hydrogens is 474 g/mol. The molecule has 0 bridgehead atoms. The van der Waals surface area contributed by atoms with Crippen LogP contribution in [0.3, 0.4) is 0 Å². The summed E-state index contributed by atoms with van der Waals surface area (Å²) >= 11 is 1.22. The molecule has 184 valence electrons. The maximum absolute atomic E-state index is 13.3. The molecule has 1 N–H and O–H groups in total. The Labute approximate surface area is 205 Å². The van der Waals surface area contributed by atoms with Crippen molar-refractivity contribution in [2.75, 3.05) is 32.6 Å². The normalized spacial score (nSPS) is 11.7. The summed E-state index contributed by atoms with van der Waals surface area (Å²) in [5.74, 6) is 0.384. The summed E-state index contributed by atoms with van der Waals surface area (Å²) in [5, 5.41) is 3.15. The number of hydrogen-bond donors (Lipinski definition) is 1. The van der Waals surface area contributed by atoms with Crippen molar-refractivity contribution in [3.63, 3.8) is 0 Å². The summed E-state index contributed by atoms with van der Waals surface area (Å²) in [5.41, 5.74) is 0.928. The van der Waals surface area contributed by atoms with E-state index in [2.05, 4.69) is 10.3 Å². The Morgan fingerprint density at radius 3 is 2.38 bits per heavy atom. The Balaban J connectivity index is 1.87. The van der Waals surface area contributed by atoms with E-state index in [0.717, 1.165) is 25.7 Å². The van der Waals surface area contributed by atoms with Crippen LogP contribution in [0.4, 0.5) is 5.13 Å². The molecule has 10 heteroatoms. The van der Waals surface area contributed by atoms with Gasteiger partial charge >= 0.3 is 0 Å². The van der Waals surface area contributed by atoms with Crippen molar-refractivity contribution in [3.8, 4) is 11.5 Å². The van der Waals surface area contributed by atoms with Crippen LogP contribution in [0.15, 0.2) is 41.3 Å². The van der Waals surface area contributed by atoms with Gasteiger partial charge in [0.15, 0.2) is 16.6 Å². The van der Waals surface area contributed by atoms with E-state index in [-0.39, 0.29) is 4.90 Å². The van der Waals surface area contributed by atoms with Gasteiger partial charge in [0.25, 0.3) is 5.91 Å². The second-order valence-electron chi connectivity index (χ2n) is 7.75. The zero-order chi connectivity index (χ0) is 24.7. The Hall–Kier alpha value is -2.69. The molecule has 34 heavy (non-hydrogen) atoms. The number of nitrogens with zero attached hydrogens (tertiary/aromatic N) is 2. The van der Waals surface area contributed by atoms with E-state index in [1.165, 1.54) is 25.6 Å². The minimum Gasteiger partial charge on any atom is -0.493 e. The van der Waals surface area contributed by atoms with Crippen LogP contribution in [0, 0.1) is 0 Å². The summed E-state index contributed by atoms with van der Waals surface area (Å²) in [6, 6.07) is 9.94. The van der Waals surface area contributed by atoms with Crippen molar-refractivity contribution in [2.24, 2.45) is 0 Å². The van der Waals surface area contributed by atoms with E-state index in [4.69, 9.17) is 9.47 Å². The smallest absolute Gasteiger partial charge is 0.261 e. The average Bonchev–Trinajstić information content (AvgIpc) is 3.24. The fourth-order valence-corrected chi connectivity index (χ4v) is 6.04. The number of ether oxygens (including phenoxy) is 2. The highest BCUT2D eigenvalue weighted by molar-refractivity contribution is 7.89. The standard InChI is InChI=1S/C24H31N3O5S2/c1-5-7-14-27(15-8-6-2)34(29,30)17-12-13-19-21(16-17)33-24(25-19)26-23(28)18-10-9-11-20(31-3)22(18)32-4/h9-13,16H,5-8,14-15H2,1-4H3,(H,25,26,28). The number of sulfonamides is 1. The van der Waals surface area contributed by atoms with Crippen LogP contribution in [0.1, 0.15) is 49.9 Å². The molecular formula is C24H31N3O5S2. The van der Waals surface area contributed by atoms with Crippen LogP contribution in [0.25, 0.3) is 10.2 Å². The number of amides is 1. The second-order valence-corrected chi connectivity index (χ2v) is 10.7. The van der Waals surface area contributed by atoms with E-state index in [9.17, 15) is 13.2 Å². The van der Waals surface area contributed by atoms with Crippen molar-refractivity contribution >= 4 is 42.6 Å². The average molecular weight is 506 g/mol. The van der Waals surface area contributed by atoms with Gasteiger partial charge < -0.3 is 9.47 Å². The van der Waals surface area contributed by atoms with E-state index >= 15 is 0 Å². The predicted octanol–water partition coefficient (Wildman–Crippen LogP) is 5.16. The van der Waals surface area contributed by atoms with Gasteiger partial charge in [0.05, 0.1) is 34.9 Å². The molecule has 0 radical (unpaired) electrons. The molecule has 0 aliphatic carbocycles. The number of hydrogen-bond acceptors (Lipinski definition) is 7. The first-order valence-electron chi connectivity index (χ1n) is 11.3. The zero-order valence-corrected chi connectivity index (χ0v) is 21.6. The first-order chi connectivity index (χ1) is 16.3. The highest BCUT2D eigenvalue weighted by atomic mass is 32.2. The highest BCUT2D eigenvalue weighted by Crippen LogP contribution is 2.33. The van der Waals surface area contributed by atoms with Gasteiger partial charge in [-0.05, 0) is 43.2 Å². The van der Waals surface area contributed by atoms with Gasteiger partial charge in [-0.1, -0.05) is 44.1 Å². The number of benzene rings is 2. The van der Waals surface area contributed by atoms with Crippen LogP contribution < -0.4 is 14.8 Å². The number of unbranched alkanes of at least 4 members (excludes halogenated alkanes) is 2. The lowest BCUT2D eigenvalue weighted by atomic mass is 10.1. The summed E-state index contributed by atoms with van der Waals surface area (Å²) in [6.07, 6.45) is 3.48. The third-order valence-electron chi connectivity index (χ3n) is 5.39. The fourth-order valence-electron chi connectivity index (χ4n) is 3.52. The second kappa shape index (κ2) is 11.6. The number of aromatic nitrogens is 1. The fraction of sp³-hybridized carbons (Fsp3) is 0.417. The van der Waals surface area contributed by atoms with Crippen molar-refractivity contribution in [2.45, 2.75) is 44.4 Å². The number of anilines is 1.